The van der Waals surface area contributed by atoms with Crippen LogP contribution in [0.3, 0.4) is 0 Å². The van der Waals surface area contributed by atoms with Crippen LogP contribution in [-0.4, -0.2) is 49.1 Å². The molecule has 0 amide bonds. The van der Waals surface area contributed by atoms with Gasteiger partial charge in [-0.05, 0) is 31.9 Å². The molecule has 1 aromatic heterocycles. The largest absolute Gasteiger partial charge is 0.468 e. The third kappa shape index (κ3) is 3.99. The number of pyridine rings is 1. The van der Waals surface area contributed by atoms with Gasteiger partial charge in [0, 0.05) is 19.3 Å². The normalized spacial score (nSPS) is 17.9. The molecule has 1 fully saturated rings. The van der Waals surface area contributed by atoms with Crippen molar-refractivity contribution in [3.8, 4) is 0 Å². The number of hydrogen-bond donors (Lipinski definition) is 0. The number of carbonyl (C=O) groups excluding carboxylic acids is 1. The molecule has 2 heterocycles. The summed E-state index contributed by atoms with van der Waals surface area (Å²) in [4.78, 5) is 15.7. The first-order chi connectivity index (χ1) is 10.4. The molecule has 0 bridgehead atoms. The van der Waals surface area contributed by atoms with Crippen molar-refractivity contribution in [2.45, 2.75) is 41.4 Å². The first-order valence-corrected chi connectivity index (χ1v) is 9.48. The van der Waals surface area contributed by atoms with Gasteiger partial charge in [-0.3, -0.25) is 4.79 Å². The molecular formula is C14H20N2O4S2. The van der Waals surface area contributed by atoms with E-state index in [0.29, 0.717) is 18.1 Å². The number of esters is 1. The van der Waals surface area contributed by atoms with Gasteiger partial charge in [0.05, 0.1) is 12.1 Å². The molecule has 1 unspecified atom stereocenters. The van der Waals surface area contributed by atoms with E-state index in [2.05, 4.69) is 9.72 Å². The van der Waals surface area contributed by atoms with E-state index >= 15 is 0 Å². The molecule has 0 aliphatic carbocycles. The van der Waals surface area contributed by atoms with Crippen LogP contribution in [0.1, 0.15) is 26.2 Å². The topological polar surface area (TPSA) is 76.6 Å². The standard InChI is InChI=1S/C14H20N2O4S2/c1-11(14(17)20-2)21-13-7-6-12(10-15-13)22(18,19)16-8-4-3-5-9-16/h6-7,10-11H,3-5,8-9H2,1-2H3. The number of nitrogens with zero attached hydrogens (tertiary/aromatic N) is 2. The van der Waals surface area contributed by atoms with Gasteiger partial charge < -0.3 is 4.74 Å². The molecule has 1 saturated heterocycles. The van der Waals surface area contributed by atoms with Crippen molar-refractivity contribution in [3.05, 3.63) is 18.3 Å². The summed E-state index contributed by atoms with van der Waals surface area (Å²) in [6, 6.07) is 3.17. The minimum Gasteiger partial charge on any atom is -0.468 e. The van der Waals surface area contributed by atoms with E-state index in [1.807, 2.05) is 0 Å². The second kappa shape index (κ2) is 7.43. The van der Waals surface area contributed by atoms with Crippen molar-refractivity contribution in [1.29, 1.82) is 0 Å². The van der Waals surface area contributed by atoms with Crippen LogP contribution in [0.15, 0.2) is 28.3 Å². The fourth-order valence-corrected chi connectivity index (χ4v) is 4.52. The van der Waals surface area contributed by atoms with Gasteiger partial charge in [-0.25, -0.2) is 13.4 Å². The van der Waals surface area contributed by atoms with Crippen molar-refractivity contribution < 1.29 is 17.9 Å². The lowest BCUT2D eigenvalue weighted by Gasteiger charge is -2.25. The number of ether oxygens (including phenoxy) is 1. The number of rotatable bonds is 5. The Morgan fingerprint density at radius 1 is 1.32 bits per heavy atom. The Morgan fingerprint density at radius 3 is 2.55 bits per heavy atom. The van der Waals surface area contributed by atoms with E-state index in [4.69, 9.17) is 0 Å². The molecule has 0 aromatic carbocycles. The first kappa shape index (κ1) is 17.2. The molecule has 1 aliphatic heterocycles. The Labute approximate surface area is 135 Å². The molecule has 2 rings (SSSR count). The van der Waals surface area contributed by atoms with Crippen LogP contribution >= 0.6 is 11.8 Å². The molecule has 1 atom stereocenters. The average molecular weight is 344 g/mol. The Kier molecular flexibility index (Phi) is 5.82. The summed E-state index contributed by atoms with van der Waals surface area (Å²) in [5.41, 5.74) is 0. The van der Waals surface area contributed by atoms with Crippen LogP contribution in [0.5, 0.6) is 0 Å². The SMILES string of the molecule is COC(=O)C(C)Sc1ccc(S(=O)(=O)N2CCCCC2)cn1. The van der Waals surface area contributed by atoms with Gasteiger partial charge in [0.15, 0.2) is 0 Å². The average Bonchev–Trinajstić information content (AvgIpc) is 2.55. The highest BCUT2D eigenvalue weighted by Crippen LogP contribution is 2.25. The molecule has 0 N–H and O–H groups in total. The van der Waals surface area contributed by atoms with E-state index < -0.39 is 10.0 Å². The number of sulfonamides is 1. The molecule has 22 heavy (non-hydrogen) atoms. The maximum atomic E-state index is 12.5. The Morgan fingerprint density at radius 2 is 2.00 bits per heavy atom. The zero-order valence-electron chi connectivity index (χ0n) is 12.7. The maximum Gasteiger partial charge on any atom is 0.318 e. The molecule has 0 saturated carbocycles. The number of carbonyl (C=O) groups is 1. The maximum absolute atomic E-state index is 12.5. The van der Waals surface area contributed by atoms with Crippen LogP contribution in [0, 0.1) is 0 Å². The summed E-state index contributed by atoms with van der Waals surface area (Å²) in [7, 11) is -2.12. The molecular weight excluding hydrogens is 324 g/mol. The predicted molar refractivity (Wildman–Crippen MR) is 84.2 cm³/mol. The van der Waals surface area contributed by atoms with Gasteiger partial charge in [0.1, 0.15) is 10.1 Å². The minimum absolute atomic E-state index is 0.199. The van der Waals surface area contributed by atoms with Crippen LogP contribution in [-0.2, 0) is 19.6 Å². The lowest BCUT2D eigenvalue weighted by Crippen LogP contribution is -2.35. The van der Waals surface area contributed by atoms with Crippen molar-refractivity contribution in [1.82, 2.24) is 9.29 Å². The highest BCUT2D eigenvalue weighted by molar-refractivity contribution is 8.00. The van der Waals surface area contributed by atoms with Crippen molar-refractivity contribution in [2.75, 3.05) is 20.2 Å². The Balaban J connectivity index is 2.09. The first-order valence-electron chi connectivity index (χ1n) is 7.16. The third-order valence-corrected chi connectivity index (χ3v) is 6.40. The van der Waals surface area contributed by atoms with E-state index in [1.54, 1.807) is 19.1 Å². The lowest BCUT2D eigenvalue weighted by molar-refractivity contribution is -0.139. The van der Waals surface area contributed by atoms with Crippen molar-refractivity contribution >= 4 is 27.8 Å². The van der Waals surface area contributed by atoms with Gasteiger partial charge in [-0.1, -0.05) is 18.2 Å². The highest BCUT2D eigenvalue weighted by Gasteiger charge is 2.26. The van der Waals surface area contributed by atoms with Crippen LogP contribution < -0.4 is 0 Å². The van der Waals surface area contributed by atoms with E-state index in [1.165, 1.54) is 29.4 Å². The van der Waals surface area contributed by atoms with E-state index in [-0.39, 0.29) is 16.1 Å². The van der Waals surface area contributed by atoms with Gasteiger partial charge in [-0.15, -0.1) is 0 Å². The fourth-order valence-electron chi connectivity index (χ4n) is 2.24. The molecule has 6 nitrogen and oxygen atoms in total. The van der Waals surface area contributed by atoms with E-state index in [0.717, 1.165) is 19.3 Å². The van der Waals surface area contributed by atoms with Gasteiger partial charge in [0.25, 0.3) is 0 Å². The number of thioether (sulfide) groups is 1. The van der Waals surface area contributed by atoms with Gasteiger partial charge >= 0.3 is 5.97 Å². The summed E-state index contributed by atoms with van der Waals surface area (Å²) in [6.45, 7) is 2.85. The zero-order chi connectivity index (χ0) is 16.2. The van der Waals surface area contributed by atoms with Crippen LogP contribution in [0.4, 0.5) is 0 Å². The Bertz CT molecular complexity index is 610. The van der Waals surface area contributed by atoms with Crippen molar-refractivity contribution in [3.63, 3.8) is 0 Å². The van der Waals surface area contributed by atoms with E-state index in [9.17, 15) is 13.2 Å². The summed E-state index contributed by atoms with van der Waals surface area (Å²) in [6.07, 6.45) is 4.23. The predicted octanol–water partition coefficient (Wildman–Crippen LogP) is 1.91. The van der Waals surface area contributed by atoms with Gasteiger partial charge in [-0.2, -0.15) is 4.31 Å². The molecule has 1 aliphatic rings. The number of methoxy groups -OCH3 is 1. The molecule has 122 valence electrons. The minimum atomic E-state index is -3.46. The number of hydrogen-bond acceptors (Lipinski definition) is 6. The summed E-state index contributed by atoms with van der Waals surface area (Å²) in [5.74, 6) is -0.336. The Hall–Kier alpha value is -1.12. The highest BCUT2D eigenvalue weighted by atomic mass is 32.2. The second-order valence-corrected chi connectivity index (χ2v) is 8.38. The molecule has 8 heteroatoms. The van der Waals surface area contributed by atoms with Crippen LogP contribution in [0.2, 0.25) is 0 Å². The quantitative estimate of drug-likeness (QED) is 0.600. The monoisotopic (exact) mass is 344 g/mol. The molecule has 0 spiro atoms. The lowest BCUT2D eigenvalue weighted by atomic mass is 10.2. The van der Waals surface area contributed by atoms with Gasteiger partial charge in [0.2, 0.25) is 10.0 Å². The summed E-state index contributed by atoms with van der Waals surface area (Å²) >= 11 is 1.24. The molecule has 1 aromatic rings. The fraction of sp³-hybridized carbons (Fsp3) is 0.571. The van der Waals surface area contributed by atoms with Crippen molar-refractivity contribution in [2.24, 2.45) is 0 Å². The number of piperidine rings is 1. The summed E-state index contributed by atoms with van der Waals surface area (Å²) in [5, 5.41) is 0.206. The van der Waals surface area contributed by atoms with Crippen LogP contribution in [0.25, 0.3) is 0 Å². The summed E-state index contributed by atoms with van der Waals surface area (Å²) < 4.78 is 31.1. The zero-order valence-corrected chi connectivity index (χ0v) is 14.3. The molecule has 0 radical (unpaired) electrons. The second-order valence-electron chi connectivity index (χ2n) is 5.08. The third-order valence-electron chi connectivity index (χ3n) is 3.49. The smallest absolute Gasteiger partial charge is 0.318 e. The number of aromatic nitrogens is 1.